The summed E-state index contributed by atoms with van der Waals surface area (Å²) in [4.78, 5) is 15.3. The molecule has 24 heavy (non-hydrogen) atoms. The summed E-state index contributed by atoms with van der Waals surface area (Å²) in [5.41, 5.74) is 7.51. The number of aromatic nitrogens is 2. The van der Waals surface area contributed by atoms with Crippen LogP contribution >= 0.6 is 0 Å². The maximum Gasteiger partial charge on any atom is 0.312 e. The molecule has 0 aliphatic carbocycles. The number of nitro groups is 1. The Morgan fingerprint density at radius 1 is 1.29 bits per heavy atom. The average Bonchev–Trinajstić information content (AvgIpc) is 2.98. The maximum absolute atomic E-state index is 11.4. The second-order valence-electron chi connectivity index (χ2n) is 5.39. The summed E-state index contributed by atoms with van der Waals surface area (Å²) in [6, 6.07) is 10.7. The SMILES string of the molecule is COc1ccc([N+](=O)[O-])c(-n2cc(CCCN)c3ccccc32)n1. The highest BCUT2D eigenvalue weighted by Gasteiger charge is 2.21. The zero-order valence-electron chi connectivity index (χ0n) is 13.3. The van der Waals surface area contributed by atoms with E-state index in [1.165, 1.54) is 19.2 Å². The van der Waals surface area contributed by atoms with Crippen molar-refractivity contribution in [1.29, 1.82) is 0 Å². The second kappa shape index (κ2) is 6.67. The van der Waals surface area contributed by atoms with Gasteiger partial charge in [0.1, 0.15) is 0 Å². The molecule has 0 spiro atoms. The molecule has 2 aromatic heterocycles. The van der Waals surface area contributed by atoms with Gasteiger partial charge in [-0.2, -0.15) is 4.98 Å². The molecule has 0 saturated heterocycles. The van der Waals surface area contributed by atoms with Gasteiger partial charge in [-0.1, -0.05) is 18.2 Å². The molecule has 2 heterocycles. The quantitative estimate of drug-likeness (QED) is 0.555. The van der Waals surface area contributed by atoms with Crippen LogP contribution < -0.4 is 10.5 Å². The number of pyridine rings is 1. The summed E-state index contributed by atoms with van der Waals surface area (Å²) in [5, 5.41) is 12.5. The van der Waals surface area contributed by atoms with Crippen LogP contribution in [0, 0.1) is 10.1 Å². The Balaban J connectivity index is 2.24. The number of fused-ring (bicyclic) bond motifs is 1. The molecule has 0 saturated carbocycles. The summed E-state index contributed by atoms with van der Waals surface area (Å²) >= 11 is 0. The molecule has 0 bridgehead atoms. The third-order valence-electron chi connectivity index (χ3n) is 3.91. The molecule has 0 amide bonds. The molecule has 7 nitrogen and oxygen atoms in total. The van der Waals surface area contributed by atoms with Crippen molar-refractivity contribution in [3.63, 3.8) is 0 Å². The lowest BCUT2D eigenvalue weighted by Crippen LogP contribution is -2.03. The fourth-order valence-corrected chi connectivity index (χ4v) is 2.77. The lowest BCUT2D eigenvalue weighted by Gasteiger charge is -2.07. The first-order valence-corrected chi connectivity index (χ1v) is 7.64. The first kappa shape index (κ1) is 15.9. The van der Waals surface area contributed by atoms with E-state index in [4.69, 9.17) is 10.5 Å². The molecule has 0 fully saturated rings. The summed E-state index contributed by atoms with van der Waals surface area (Å²) in [6.45, 7) is 0.594. The van der Waals surface area contributed by atoms with Crippen molar-refractivity contribution in [2.75, 3.05) is 13.7 Å². The van der Waals surface area contributed by atoms with E-state index in [9.17, 15) is 10.1 Å². The molecule has 3 rings (SSSR count). The van der Waals surface area contributed by atoms with E-state index in [0.717, 1.165) is 29.3 Å². The summed E-state index contributed by atoms with van der Waals surface area (Å²) in [7, 11) is 1.48. The fourth-order valence-electron chi connectivity index (χ4n) is 2.77. The van der Waals surface area contributed by atoms with Gasteiger partial charge >= 0.3 is 5.69 Å². The van der Waals surface area contributed by atoms with E-state index in [0.29, 0.717) is 12.4 Å². The van der Waals surface area contributed by atoms with Gasteiger partial charge in [0.2, 0.25) is 11.7 Å². The zero-order chi connectivity index (χ0) is 17.1. The Labute approximate surface area is 138 Å². The molecule has 0 radical (unpaired) electrons. The number of aryl methyl sites for hydroxylation is 1. The van der Waals surface area contributed by atoms with Crippen LogP contribution in [0.15, 0.2) is 42.6 Å². The number of hydrogen-bond acceptors (Lipinski definition) is 5. The van der Waals surface area contributed by atoms with Gasteiger partial charge in [0, 0.05) is 23.7 Å². The molecular weight excluding hydrogens is 308 g/mol. The fraction of sp³-hybridized carbons (Fsp3) is 0.235. The number of nitrogens with two attached hydrogens (primary N) is 1. The number of nitrogens with zero attached hydrogens (tertiary/aromatic N) is 3. The van der Waals surface area contributed by atoms with Gasteiger partial charge in [0.05, 0.1) is 17.5 Å². The summed E-state index contributed by atoms with van der Waals surface area (Å²) in [6.07, 6.45) is 3.55. The Morgan fingerprint density at radius 3 is 2.79 bits per heavy atom. The normalized spacial score (nSPS) is 10.9. The summed E-state index contributed by atoms with van der Waals surface area (Å²) in [5.74, 6) is 0.575. The number of rotatable bonds is 6. The molecule has 0 atom stereocenters. The predicted octanol–water partition coefficient (Wildman–Crippen LogP) is 2.83. The van der Waals surface area contributed by atoms with Crippen molar-refractivity contribution in [1.82, 2.24) is 9.55 Å². The average molecular weight is 326 g/mol. The number of benzene rings is 1. The molecule has 0 unspecified atom stereocenters. The molecule has 0 aliphatic rings. The van der Waals surface area contributed by atoms with Crippen LogP contribution in [0.3, 0.4) is 0 Å². The zero-order valence-corrected chi connectivity index (χ0v) is 13.3. The van der Waals surface area contributed by atoms with E-state index in [-0.39, 0.29) is 11.5 Å². The molecule has 124 valence electrons. The van der Waals surface area contributed by atoms with Crippen molar-refractivity contribution in [2.24, 2.45) is 5.73 Å². The second-order valence-corrected chi connectivity index (χ2v) is 5.39. The Morgan fingerprint density at radius 2 is 2.08 bits per heavy atom. The topological polar surface area (TPSA) is 96.2 Å². The molecular formula is C17H18N4O3. The van der Waals surface area contributed by atoms with E-state index < -0.39 is 4.92 Å². The molecule has 7 heteroatoms. The van der Waals surface area contributed by atoms with E-state index in [2.05, 4.69) is 4.98 Å². The van der Waals surface area contributed by atoms with E-state index in [1.807, 2.05) is 30.5 Å². The highest BCUT2D eigenvalue weighted by atomic mass is 16.6. The molecule has 2 N–H and O–H groups in total. The van der Waals surface area contributed by atoms with Crippen molar-refractivity contribution in [3.8, 4) is 11.7 Å². The first-order chi connectivity index (χ1) is 11.7. The highest BCUT2D eigenvalue weighted by molar-refractivity contribution is 5.86. The van der Waals surface area contributed by atoms with Gasteiger partial charge < -0.3 is 10.5 Å². The van der Waals surface area contributed by atoms with Crippen LogP contribution in [-0.2, 0) is 6.42 Å². The van der Waals surface area contributed by atoms with Crippen LogP contribution in [0.25, 0.3) is 16.7 Å². The van der Waals surface area contributed by atoms with Gasteiger partial charge in [0.15, 0.2) is 0 Å². The minimum atomic E-state index is -0.434. The number of para-hydroxylation sites is 1. The van der Waals surface area contributed by atoms with Gasteiger partial charge in [-0.15, -0.1) is 0 Å². The summed E-state index contributed by atoms with van der Waals surface area (Å²) < 4.78 is 6.88. The van der Waals surface area contributed by atoms with Crippen LogP contribution in [0.5, 0.6) is 5.88 Å². The maximum atomic E-state index is 11.4. The van der Waals surface area contributed by atoms with Gasteiger partial charge in [0.25, 0.3) is 0 Å². The van der Waals surface area contributed by atoms with E-state index in [1.54, 1.807) is 4.57 Å². The van der Waals surface area contributed by atoms with Gasteiger partial charge in [-0.25, -0.2) is 0 Å². The Bertz CT molecular complexity index is 889. The van der Waals surface area contributed by atoms with Crippen LogP contribution in [0.4, 0.5) is 5.69 Å². The first-order valence-electron chi connectivity index (χ1n) is 7.64. The molecule has 1 aromatic carbocycles. The third kappa shape index (κ3) is 2.81. The van der Waals surface area contributed by atoms with Crippen LogP contribution in [0.1, 0.15) is 12.0 Å². The minimum absolute atomic E-state index is 0.0677. The van der Waals surface area contributed by atoms with Crippen LogP contribution in [0.2, 0.25) is 0 Å². The van der Waals surface area contributed by atoms with Gasteiger partial charge in [-0.05, 0) is 31.0 Å². The van der Waals surface area contributed by atoms with Crippen molar-refractivity contribution >= 4 is 16.6 Å². The van der Waals surface area contributed by atoms with Crippen molar-refractivity contribution in [2.45, 2.75) is 12.8 Å². The Hall–Kier alpha value is -2.93. The number of ether oxygens (including phenoxy) is 1. The van der Waals surface area contributed by atoms with Gasteiger partial charge in [-0.3, -0.25) is 14.7 Å². The molecule has 3 aromatic rings. The molecule has 0 aliphatic heterocycles. The van der Waals surface area contributed by atoms with Crippen molar-refractivity contribution in [3.05, 3.63) is 58.3 Å². The third-order valence-corrected chi connectivity index (χ3v) is 3.91. The number of hydrogen-bond donors (Lipinski definition) is 1. The van der Waals surface area contributed by atoms with Crippen LogP contribution in [-0.4, -0.2) is 28.1 Å². The smallest absolute Gasteiger partial charge is 0.312 e. The Kier molecular flexibility index (Phi) is 4.43. The monoisotopic (exact) mass is 326 g/mol. The largest absolute Gasteiger partial charge is 0.481 e. The highest BCUT2D eigenvalue weighted by Crippen LogP contribution is 2.30. The minimum Gasteiger partial charge on any atom is -0.481 e. The van der Waals surface area contributed by atoms with Crippen molar-refractivity contribution < 1.29 is 9.66 Å². The standard InChI is InChI=1S/C17H18N4O3/c1-24-16-9-8-15(21(22)23)17(19-16)20-11-12(5-4-10-18)13-6-2-3-7-14(13)20/h2-3,6-9,11H,4-5,10,18H2,1H3. The lowest BCUT2D eigenvalue weighted by molar-refractivity contribution is -0.384. The number of methoxy groups -OCH3 is 1. The lowest BCUT2D eigenvalue weighted by atomic mass is 10.1. The predicted molar refractivity (Wildman–Crippen MR) is 91.7 cm³/mol. The van der Waals surface area contributed by atoms with E-state index >= 15 is 0 Å².